The number of aryl methyl sites for hydroxylation is 1. The highest BCUT2D eigenvalue weighted by molar-refractivity contribution is 5.31. The first-order valence-electron chi connectivity index (χ1n) is 8.02. The van der Waals surface area contributed by atoms with Gasteiger partial charge in [-0.05, 0) is 38.3 Å². The molecule has 1 aromatic carbocycles. The third kappa shape index (κ3) is 12.0. The van der Waals surface area contributed by atoms with E-state index in [0.717, 1.165) is 12.0 Å². The Balaban J connectivity index is 0.000000796. The summed E-state index contributed by atoms with van der Waals surface area (Å²) in [5.41, 5.74) is 1.09. The molecule has 0 aliphatic rings. The first-order chi connectivity index (χ1) is 9.57. The summed E-state index contributed by atoms with van der Waals surface area (Å²) in [5.74, 6) is 0.452. The second-order valence-electron chi connectivity index (χ2n) is 5.59. The van der Waals surface area contributed by atoms with Gasteiger partial charge >= 0.3 is 0 Å². The van der Waals surface area contributed by atoms with E-state index in [1.165, 1.54) is 44.9 Å². The van der Waals surface area contributed by atoms with Crippen molar-refractivity contribution in [2.24, 2.45) is 0 Å². The van der Waals surface area contributed by atoms with Crippen molar-refractivity contribution in [3.8, 4) is 5.75 Å². The molecule has 2 nitrogen and oxygen atoms in total. The predicted octanol–water partition coefficient (Wildman–Crippen LogP) is 5.07. The third-order valence-corrected chi connectivity index (χ3v) is 3.04. The maximum Gasteiger partial charge on any atom is 0.118 e. The number of hydrogen-bond acceptors (Lipinski definition) is 2. The van der Waals surface area contributed by atoms with Crippen molar-refractivity contribution in [3.63, 3.8) is 0 Å². The van der Waals surface area contributed by atoms with E-state index in [4.69, 9.17) is 5.11 Å². The third-order valence-electron chi connectivity index (χ3n) is 3.04. The average Bonchev–Trinajstić information content (AvgIpc) is 2.39. The predicted molar refractivity (Wildman–Crippen MR) is 87.2 cm³/mol. The summed E-state index contributed by atoms with van der Waals surface area (Å²) in [6.07, 6.45) is 10.1. The second kappa shape index (κ2) is 13.0. The molecule has 0 atom stereocenters. The molecule has 1 aromatic rings. The first-order valence-corrected chi connectivity index (χ1v) is 8.02. The van der Waals surface area contributed by atoms with Crippen molar-refractivity contribution in [2.75, 3.05) is 0 Å². The van der Waals surface area contributed by atoms with Crippen LogP contribution in [0.4, 0.5) is 0 Å². The summed E-state index contributed by atoms with van der Waals surface area (Å²) in [4.78, 5) is 0. The highest BCUT2D eigenvalue weighted by Crippen LogP contribution is 2.18. The van der Waals surface area contributed by atoms with E-state index in [0.29, 0.717) is 5.75 Å². The number of rotatable bonds is 8. The number of hydrogen-bond donors (Lipinski definition) is 2. The lowest BCUT2D eigenvalue weighted by Crippen LogP contribution is -1.87. The molecule has 0 saturated heterocycles. The molecule has 0 bridgehead atoms. The van der Waals surface area contributed by atoms with Crippen LogP contribution in [-0.2, 0) is 6.42 Å². The lowest BCUT2D eigenvalue weighted by atomic mass is 10.0. The van der Waals surface area contributed by atoms with Crippen LogP contribution in [0.15, 0.2) is 24.3 Å². The van der Waals surface area contributed by atoms with Gasteiger partial charge in [0.05, 0.1) is 0 Å². The Morgan fingerprint density at radius 1 is 0.900 bits per heavy atom. The molecule has 0 unspecified atom stereocenters. The molecule has 0 amide bonds. The molecule has 0 fully saturated rings. The van der Waals surface area contributed by atoms with E-state index < -0.39 is 0 Å². The molecule has 2 heteroatoms. The largest absolute Gasteiger partial charge is 0.508 e. The van der Waals surface area contributed by atoms with Crippen LogP contribution in [0.5, 0.6) is 5.75 Å². The van der Waals surface area contributed by atoms with E-state index in [1.807, 2.05) is 18.2 Å². The summed E-state index contributed by atoms with van der Waals surface area (Å²) in [6, 6.07) is 7.67. The Hall–Kier alpha value is -1.02. The zero-order valence-electron chi connectivity index (χ0n) is 13.4. The Bertz CT molecular complexity index is 318. The lowest BCUT2D eigenvalue weighted by molar-refractivity contribution is 0.216. The Morgan fingerprint density at radius 2 is 1.40 bits per heavy atom. The van der Waals surface area contributed by atoms with Gasteiger partial charge in [0.25, 0.3) is 0 Å². The van der Waals surface area contributed by atoms with Gasteiger partial charge in [0.15, 0.2) is 0 Å². The number of aliphatic hydroxyl groups is 1. The number of aromatic hydroxyl groups is 1. The highest BCUT2D eigenvalue weighted by atomic mass is 16.3. The fraction of sp³-hybridized carbons (Fsp3) is 0.667. The molecule has 0 spiro atoms. The van der Waals surface area contributed by atoms with Crippen LogP contribution >= 0.6 is 0 Å². The molecular weight excluding hydrogens is 248 g/mol. The average molecular weight is 280 g/mol. The Kier molecular flexibility index (Phi) is 12.3. The van der Waals surface area contributed by atoms with Gasteiger partial charge in [0.1, 0.15) is 5.75 Å². The maximum atomic E-state index is 9.58. The molecule has 0 aromatic heterocycles. The van der Waals surface area contributed by atoms with Gasteiger partial charge < -0.3 is 10.2 Å². The Labute approximate surface area is 124 Å². The van der Waals surface area contributed by atoms with Crippen LogP contribution in [0.1, 0.15) is 71.3 Å². The van der Waals surface area contributed by atoms with Gasteiger partial charge in [-0.3, -0.25) is 0 Å². The smallest absolute Gasteiger partial charge is 0.118 e. The normalized spacial score (nSPS) is 10.2. The molecule has 0 aliphatic heterocycles. The summed E-state index contributed by atoms with van der Waals surface area (Å²) in [6.45, 7) is 5.69. The SMILES string of the molecule is CC(C)O.CCCCCCCCCc1ccccc1O. The number of phenols is 1. The van der Waals surface area contributed by atoms with Crippen LogP contribution < -0.4 is 0 Å². The highest BCUT2D eigenvalue weighted by Gasteiger charge is 1.98. The van der Waals surface area contributed by atoms with Gasteiger partial charge in [-0.1, -0.05) is 63.6 Å². The minimum absolute atomic E-state index is 0.167. The summed E-state index contributed by atoms with van der Waals surface area (Å²) >= 11 is 0. The van der Waals surface area contributed by atoms with Crippen LogP contribution in [0.25, 0.3) is 0 Å². The van der Waals surface area contributed by atoms with Crippen LogP contribution in [0, 0.1) is 0 Å². The van der Waals surface area contributed by atoms with Gasteiger partial charge in [0.2, 0.25) is 0 Å². The summed E-state index contributed by atoms with van der Waals surface area (Å²) < 4.78 is 0. The molecule has 0 radical (unpaired) electrons. The van der Waals surface area contributed by atoms with E-state index in [-0.39, 0.29) is 6.10 Å². The number of unbranched alkanes of at least 4 members (excludes halogenated alkanes) is 6. The topological polar surface area (TPSA) is 40.5 Å². The van der Waals surface area contributed by atoms with Crippen molar-refractivity contribution in [2.45, 2.75) is 78.2 Å². The van der Waals surface area contributed by atoms with Crippen LogP contribution in [-0.4, -0.2) is 16.3 Å². The molecule has 2 N–H and O–H groups in total. The van der Waals surface area contributed by atoms with E-state index >= 15 is 0 Å². The van der Waals surface area contributed by atoms with E-state index in [1.54, 1.807) is 19.9 Å². The minimum Gasteiger partial charge on any atom is -0.508 e. The fourth-order valence-corrected chi connectivity index (χ4v) is 1.99. The van der Waals surface area contributed by atoms with Gasteiger partial charge in [-0.2, -0.15) is 0 Å². The first kappa shape index (κ1) is 19.0. The standard InChI is InChI=1S/C15H24O.C3H8O/c1-2-3-4-5-6-7-8-11-14-12-9-10-13-15(14)16;1-3(2)4/h9-10,12-13,16H,2-8,11H2,1H3;3-4H,1-2H3. The lowest BCUT2D eigenvalue weighted by Gasteiger charge is -2.04. The number of benzene rings is 1. The maximum absolute atomic E-state index is 9.58. The molecule has 0 heterocycles. The van der Waals surface area contributed by atoms with Crippen molar-refractivity contribution in [3.05, 3.63) is 29.8 Å². The van der Waals surface area contributed by atoms with Gasteiger partial charge in [-0.15, -0.1) is 0 Å². The van der Waals surface area contributed by atoms with Crippen molar-refractivity contribution in [1.29, 1.82) is 0 Å². The number of aliphatic hydroxyl groups excluding tert-OH is 1. The molecule has 116 valence electrons. The zero-order valence-corrected chi connectivity index (χ0v) is 13.4. The summed E-state index contributed by atoms with van der Waals surface area (Å²) in [7, 11) is 0. The quantitative estimate of drug-likeness (QED) is 0.652. The van der Waals surface area contributed by atoms with Gasteiger partial charge in [-0.25, -0.2) is 0 Å². The Morgan fingerprint density at radius 3 is 1.95 bits per heavy atom. The molecule has 1 rings (SSSR count). The summed E-state index contributed by atoms with van der Waals surface area (Å²) in [5, 5.41) is 17.6. The molecule has 0 saturated carbocycles. The minimum atomic E-state index is -0.167. The number of para-hydroxylation sites is 1. The molecule has 0 aliphatic carbocycles. The van der Waals surface area contributed by atoms with Crippen molar-refractivity contribution < 1.29 is 10.2 Å². The second-order valence-corrected chi connectivity index (χ2v) is 5.59. The van der Waals surface area contributed by atoms with E-state index in [2.05, 4.69) is 6.92 Å². The van der Waals surface area contributed by atoms with Crippen LogP contribution in [0.3, 0.4) is 0 Å². The van der Waals surface area contributed by atoms with E-state index in [9.17, 15) is 5.11 Å². The van der Waals surface area contributed by atoms with Crippen LogP contribution in [0.2, 0.25) is 0 Å². The van der Waals surface area contributed by atoms with Crippen molar-refractivity contribution in [1.82, 2.24) is 0 Å². The molecular formula is C18H32O2. The van der Waals surface area contributed by atoms with Crippen molar-refractivity contribution >= 4 is 0 Å². The monoisotopic (exact) mass is 280 g/mol. The zero-order chi connectivity index (χ0) is 15.2. The fourth-order valence-electron chi connectivity index (χ4n) is 1.99. The number of phenolic OH excluding ortho intramolecular Hbond substituents is 1. The van der Waals surface area contributed by atoms with Gasteiger partial charge in [0, 0.05) is 6.10 Å². The molecule has 20 heavy (non-hydrogen) atoms.